The lowest BCUT2D eigenvalue weighted by Crippen LogP contribution is -2.34. The smallest absolute Gasteiger partial charge is 0.0668 e. The molecule has 0 radical (unpaired) electrons. The fourth-order valence-corrected chi connectivity index (χ4v) is 7.92. The van der Waals surface area contributed by atoms with Crippen LogP contribution in [-0.4, -0.2) is 34.3 Å². The first-order chi connectivity index (χ1) is 20.8. The molecular formula is C39H39N3. The maximum Gasteiger partial charge on any atom is 0.0668 e. The minimum Gasteiger partial charge on any atom is -0.303 e. The van der Waals surface area contributed by atoms with Crippen LogP contribution in [-0.2, 0) is 13.0 Å². The van der Waals surface area contributed by atoms with Crippen molar-refractivity contribution in [1.29, 1.82) is 0 Å². The van der Waals surface area contributed by atoms with Gasteiger partial charge in [0.25, 0.3) is 0 Å². The number of piperidine rings is 1. The fraction of sp³-hybridized carbons (Fsp3) is 0.308. The van der Waals surface area contributed by atoms with Gasteiger partial charge in [0.05, 0.1) is 12.7 Å². The van der Waals surface area contributed by atoms with Crippen LogP contribution in [0.2, 0.25) is 0 Å². The van der Waals surface area contributed by atoms with Crippen molar-refractivity contribution in [3.8, 4) is 0 Å². The van der Waals surface area contributed by atoms with Gasteiger partial charge in [-0.15, -0.1) is 0 Å². The van der Waals surface area contributed by atoms with Crippen LogP contribution in [0, 0.1) is 0 Å². The monoisotopic (exact) mass is 549 g/mol. The molecular weight excluding hydrogens is 510 g/mol. The highest BCUT2D eigenvalue weighted by atomic mass is 15.3. The summed E-state index contributed by atoms with van der Waals surface area (Å²) in [6.07, 6.45) is 9.74. The molecule has 0 N–H and O–H groups in total. The normalized spacial score (nSPS) is 18.1. The predicted octanol–water partition coefficient (Wildman–Crippen LogP) is 9.08. The molecule has 1 aromatic heterocycles. The summed E-state index contributed by atoms with van der Waals surface area (Å²) in [5.74, 6) is 1.37. The quantitative estimate of drug-likeness (QED) is 0.193. The van der Waals surface area contributed by atoms with Gasteiger partial charge >= 0.3 is 0 Å². The van der Waals surface area contributed by atoms with Gasteiger partial charge in [-0.25, -0.2) is 0 Å². The van der Waals surface area contributed by atoms with E-state index in [1.54, 1.807) is 0 Å². The Labute approximate surface area is 248 Å². The Balaban J connectivity index is 0.993. The summed E-state index contributed by atoms with van der Waals surface area (Å²) < 4.78 is 2.31. The van der Waals surface area contributed by atoms with E-state index >= 15 is 0 Å². The standard InChI is InChI=1S/C39H39N3/c1-2-8-28(9-3-1)29-20-23-41(24-21-29)25-22-31-11-7-15-39-38(31)26-40-42(39)27-32-12-6-14-35-34(32)18-19-36-33-13-5-4-10-30(33)16-17-37(35)36/h1-6,8-10,12-14,16-19,26,29,31H,7,11,15,20-25,27H2. The Bertz CT molecular complexity index is 1860. The summed E-state index contributed by atoms with van der Waals surface area (Å²) in [4.78, 5) is 2.71. The van der Waals surface area contributed by atoms with Crippen molar-refractivity contribution in [2.75, 3.05) is 19.6 Å². The molecule has 1 aliphatic heterocycles. The van der Waals surface area contributed by atoms with E-state index in [1.165, 1.54) is 106 Å². The number of hydrogen-bond acceptors (Lipinski definition) is 2. The van der Waals surface area contributed by atoms with Gasteiger partial charge in [0.2, 0.25) is 0 Å². The van der Waals surface area contributed by atoms with Gasteiger partial charge in [-0.05, 0) is 119 Å². The molecule has 1 unspecified atom stereocenters. The molecule has 1 saturated heterocycles. The largest absolute Gasteiger partial charge is 0.303 e. The highest BCUT2D eigenvalue weighted by molar-refractivity contribution is 6.17. The summed E-state index contributed by atoms with van der Waals surface area (Å²) in [7, 11) is 0. The van der Waals surface area contributed by atoms with Crippen molar-refractivity contribution in [3.63, 3.8) is 0 Å². The molecule has 0 amide bonds. The Kier molecular flexibility index (Phi) is 6.76. The Hall–Kier alpha value is -3.95. The Morgan fingerprint density at radius 2 is 1.40 bits per heavy atom. The first-order valence-corrected chi connectivity index (χ1v) is 16.0. The van der Waals surface area contributed by atoms with Gasteiger partial charge in [0.15, 0.2) is 0 Å². The van der Waals surface area contributed by atoms with Gasteiger partial charge in [-0.1, -0.05) is 97.1 Å². The fourth-order valence-electron chi connectivity index (χ4n) is 7.92. The third-order valence-electron chi connectivity index (χ3n) is 10.2. The maximum atomic E-state index is 4.99. The summed E-state index contributed by atoms with van der Waals surface area (Å²) >= 11 is 0. The minimum atomic E-state index is 0.638. The average Bonchev–Trinajstić information content (AvgIpc) is 3.47. The lowest BCUT2D eigenvalue weighted by Gasteiger charge is -2.33. The van der Waals surface area contributed by atoms with E-state index in [0.29, 0.717) is 5.92 Å². The van der Waals surface area contributed by atoms with Crippen molar-refractivity contribution in [3.05, 3.63) is 126 Å². The number of aromatic nitrogens is 2. The zero-order valence-corrected chi connectivity index (χ0v) is 24.4. The van der Waals surface area contributed by atoms with Gasteiger partial charge in [0.1, 0.15) is 0 Å². The molecule has 2 heterocycles. The summed E-state index contributed by atoms with van der Waals surface area (Å²) in [6.45, 7) is 4.50. The van der Waals surface area contributed by atoms with Crippen molar-refractivity contribution >= 4 is 32.3 Å². The van der Waals surface area contributed by atoms with E-state index in [1.807, 2.05) is 0 Å². The van der Waals surface area contributed by atoms with E-state index in [9.17, 15) is 0 Å². The zero-order valence-electron chi connectivity index (χ0n) is 24.4. The van der Waals surface area contributed by atoms with Gasteiger partial charge in [-0.2, -0.15) is 5.10 Å². The van der Waals surface area contributed by atoms with Gasteiger partial charge in [-0.3, -0.25) is 4.68 Å². The van der Waals surface area contributed by atoms with E-state index in [4.69, 9.17) is 5.10 Å². The van der Waals surface area contributed by atoms with Crippen molar-refractivity contribution in [2.24, 2.45) is 0 Å². The molecule has 210 valence electrons. The maximum absolute atomic E-state index is 4.99. The zero-order chi connectivity index (χ0) is 27.9. The molecule has 0 saturated carbocycles. The number of benzene rings is 5. The third-order valence-corrected chi connectivity index (χ3v) is 10.2. The van der Waals surface area contributed by atoms with E-state index < -0.39 is 0 Å². The molecule has 1 fully saturated rings. The summed E-state index contributed by atoms with van der Waals surface area (Å²) in [5, 5.41) is 13.0. The lowest BCUT2D eigenvalue weighted by atomic mass is 9.84. The molecule has 0 spiro atoms. The number of fused-ring (bicyclic) bond motifs is 6. The molecule has 42 heavy (non-hydrogen) atoms. The number of hydrogen-bond donors (Lipinski definition) is 0. The van der Waals surface area contributed by atoms with Crippen LogP contribution in [0.1, 0.15) is 66.3 Å². The first-order valence-electron chi connectivity index (χ1n) is 16.0. The molecule has 3 heteroatoms. The second-order valence-corrected chi connectivity index (χ2v) is 12.6. The SMILES string of the molecule is c1ccc(C2CCN(CCC3CCCc4c3cnn4Cc3cccc4c3ccc3c5ccccc5ccc43)CC2)cc1. The highest BCUT2D eigenvalue weighted by Gasteiger charge is 2.26. The Morgan fingerprint density at radius 3 is 2.31 bits per heavy atom. The first kappa shape index (κ1) is 25.7. The third kappa shape index (κ3) is 4.70. The highest BCUT2D eigenvalue weighted by Crippen LogP contribution is 2.37. The van der Waals surface area contributed by atoms with Crippen molar-refractivity contribution in [2.45, 2.75) is 56.9 Å². The van der Waals surface area contributed by atoms with Crippen molar-refractivity contribution in [1.82, 2.24) is 14.7 Å². The van der Waals surface area contributed by atoms with Gasteiger partial charge < -0.3 is 4.90 Å². The second kappa shape index (κ2) is 11.0. The molecule has 3 nitrogen and oxygen atoms in total. The molecule has 6 aromatic rings. The minimum absolute atomic E-state index is 0.638. The predicted molar refractivity (Wildman–Crippen MR) is 175 cm³/mol. The van der Waals surface area contributed by atoms with Crippen LogP contribution in [0.4, 0.5) is 0 Å². The van der Waals surface area contributed by atoms with E-state index in [-0.39, 0.29) is 0 Å². The van der Waals surface area contributed by atoms with E-state index in [0.717, 1.165) is 18.9 Å². The summed E-state index contributed by atoms with van der Waals surface area (Å²) in [6, 6.07) is 35.9. The average molecular weight is 550 g/mol. The van der Waals surface area contributed by atoms with Crippen LogP contribution in [0.15, 0.2) is 103 Å². The molecule has 5 aromatic carbocycles. The van der Waals surface area contributed by atoms with Crippen LogP contribution < -0.4 is 0 Å². The van der Waals surface area contributed by atoms with Crippen LogP contribution >= 0.6 is 0 Å². The molecule has 2 aliphatic rings. The van der Waals surface area contributed by atoms with Crippen LogP contribution in [0.3, 0.4) is 0 Å². The van der Waals surface area contributed by atoms with Crippen LogP contribution in [0.5, 0.6) is 0 Å². The number of nitrogens with zero attached hydrogens (tertiary/aromatic N) is 3. The number of rotatable bonds is 6. The molecule has 1 atom stereocenters. The lowest BCUT2D eigenvalue weighted by molar-refractivity contribution is 0.203. The summed E-state index contributed by atoms with van der Waals surface area (Å²) in [5.41, 5.74) is 5.86. The molecule has 8 rings (SSSR count). The van der Waals surface area contributed by atoms with Crippen molar-refractivity contribution < 1.29 is 0 Å². The Morgan fingerprint density at radius 1 is 0.667 bits per heavy atom. The molecule has 1 aliphatic carbocycles. The second-order valence-electron chi connectivity index (χ2n) is 12.6. The van der Waals surface area contributed by atoms with Crippen LogP contribution in [0.25, 0.3) is 32.3 Å². The number of likely N-dealkylation sites (tertiary alicyclic amines) is 1. The molecule has 0 bridgehead atoms. The van der Waals surface area contributed by atoms with E-state index in [2.05, 4.69) is 113 Å². The topological polar surface area (TPSA) is 21.1 Å². The van der Waals surface area contributed by atoms with Gasteiger partial charge in [0, 0.05) is 5.69 Å².